The van der Waals surface area contributed by atoms with Gasteiger partial charge in [0.05, 0.1) is 12.8 Å². The molecule has 2 heterocycles. The maximum absolute atomic E-state index is 12.2. The zero-order chi connectivity index (χ0) is 17.8. The number of benzene rings is 1. The van der Waals surface area contributed by atoms with E-state index in [1.807, 2.05) is 18.2 Å². The quantitative estimate of drug-likeness (QED) is 0.722. The van der Waals surface area contributed by atoms with E-state index in [4.69, 9.17) is 4.42 Å². The first-order valence-corrected chi connectivity index (χ1v) is 8.48. The molecule has 2 aromatic heterocycles. The molecule has 0 atom stereocenters. The average molecular weight is 338 g/mol. The lowest BCUT2D eigenvalue weighted by atomic mass is 10.00. The van der Waals surface area contributed by atoms with E-state index >= 15 is 0 Å². The van der Waals surface area contributed by atoms with Gasteiger partial charge in [-0.3, -0.25) is 9.59 Å². The van der Waals surface area contributed by atoms with Crippen LogP contribution in [-0.2, 0) is 17.8 Å². The van der Waals surface area contributed by atoms with Gasteiger partial charge in [0.25, 0.3) is 5.56 Å². The SMILES string of the molecule is CC(C)c1ccc2[nH]c(=O)c(CCC(=O)NCc3ccco3)cc2c1. The van der Waals surface area contributed by atoms with Crippen molar-refractivity contribution in [3.05, 3.63) is 69.9 Å². The molecular weight excluding hydrogens is 316 g/mol. The minimum atomic E-state index is -0.136. The fraction of sp³-hybridized carbons (Fsp3) is 0.300. The summed E-state index contributed by atoms with van der Waals surface area (Å²) < 4.78 is 5.17. The molecule has 2 N–H and O–H groups in total. The summed E-state index contributed by atoms with van der Waals surface area (Å²) in [6, 6.07) is 11.5. The van der Waals surface area contributed by atoms with Crippen LogP contribution >= 0.6 is 0 Å². The number of furan rings is 1. The lowest BCUT2D eigenvalue weighted by Crippen LogP contribution is -2.24. The van der Waals surface area contributed by atoms with Crippen LogP contribution in [0.3, 0.4) is 0 Å². The smallest absolute Gasteiger partial charge is 0.251 e. The van der Waals surface area contributed by atoms with Gasteiger partial charge in [-0.2, -0.15) is 0 Å². The highest BCUT2D eigenvalue weighted by atomic mass is 16.3. The Morgan fingerprint density at radius 3 is 2.80 bits per heavy atom. The van der Waals surface area contributed by atoms with Crippen molar-refractivity contribution in [1.82, 2.24) is 10.3 Å². The minimum absolute atomic E-state index is 0.105. The van der Waals surface area contributed by atoms with Crippen LogP contribution in [0, 0.1) is 0 Å². The molecule has 0 bridgehead atoms. The van der Waals surface area contributed by atoms with E-state index in [9.17, 15) is 9.59 Å². The van der Waals surface area contributed by atoms with Crippen LogP contribution in [-0.4, -0.2) is 10.9 Å². The van der Waals surface area contributed by atoms with E-state index in [2.05, 4.69) is 30.2 Å². The van der Waals surface area contributed by atoms with Crippen molar-refractivity contribution >= 4 is 16.8 Å². The molecule has 0 fully saturated rings. The van der Waals surface area contributed by atoms with Crippen LogP contribution in [0.2, 0.25) is 0 Å². The van der Waals surface area contributed by atoms with Crippen molar-refractivity contribution < 1.29 is 9.21 Å². The van der Waals surface area contributed by atoms with Gasteiger partial charge in [-0.25, -0.2) is 0 Å². The molecule has 0 saturated heterocycles. The highest BCUT2D eigenvalue weighted by molar-refractivity contribution is 5.80. The number of aromatic amines is 1. The largest absolute Gasteiger partial charge is 0.467 e. The maximum Gasteiger partial charge on any atom is 0.251 e. The third kappa shape index (κ3) is 4.18. The van der Waals surface area contributed by atoms with Crippen LogP contribution in [0.5, 0.6) is 0 Å². The van der Waals surface area contributed by atoms with Crippen molar-refractivity contribution in [3.63, 3.8) is 0 Å². The van der Waals surface area contributed by atoms with Gasteiger partial charge in [0.2, 0.25) is 5.91 Å². The molecule has 130 valence electrons. The van der Waals surface area contributed by atoms with E-state index in [0.717, 1.165) is 10.9 Å². The Hall–Kier alpha value is -2.82. The van der Waals surface area contributed by atoms with Gasteiger partial charge >= 0.3 is 0 Å². The fourth-order valence-electron chi connectivity index (χ4n) is 2.75. The molecule has 1 aromatic carbocycles. The van der Waals surface area contributed by atoms with Crippen LogP contribution in [0.25, 0.3) is 10.9 Å². The molecule has 0 unspecified atom stereocenters. The number of H-pyrrole nitrogens is 1. The number of hydrogen-bond donors (Lipinski definition) is 2. The normalized spacial score (nSPS) is 11.2. The topological polar surface area (TPSA) is 75.1 Å². The van der Waals surface area contributed by atoms with E-state index in [1.54, 1.807) is 18.4 Å². The summed E-state index contributed by atoms with van der Waals surface area (Å²) in [6.07, 6.45) is 2.24. The molecule has 0 aliphatic carbocycles. The number of pyridine rings is 1. The third-order valence-electron chi connectivity index (χ3n) is 4.27. The second kappa shape index (κ2) is 7.38. The van der Waals surface area contributed by atoms with Gasteiger partial charge in [0.15, 0.2) is 0 Å². The highest BCUT2D eigenvalue weighted by Gasteiger charge is 2.08. The second-order valence-corrected chi connectivity index (χ2v) is 6.48. The van der Waals surface area contributed by atoms with Crippen molar-refractivity contribution in [3.8, 4) is 0 Å². The lowest BCUT2D eigenvalue weighted by Gasteiger charge is -2.08. The van der Waals surface area contributed by atoms with Crippen LogP contribution < -0.4 is 10.9 Å². The zero-order valence-electron chi connectivity index (χ0n) is 14.5. The molecule has 0 radical (unpaired) electrons. The maximum atomic E-state index is 12.2. The number of aryl methyl sites for hydroxylation is 1. The predicted molar refractivity (Wildman–Crippen MR) is 97.5 cm³/mol. The summed E-state index contributed by atoms with van der Waals surface area (Å²) in [5.41, 5.74) is 2.53. The number of fused-ring (bicyclic) bond motifs is 1. The van der Waals surface area contributed by atoms with Gasteiger partial charge < -0.3 is 14.7 Å². The Bertz CT molecular complexity index is 924. The molecule has 3 rings (SSSR count). The van der Waals surface area contributed by atoms with Crippen molar-refractivity contribution in [2.45, 2.75) is 39.2 Å². The molecule has 25 heavy (non-hydrogen) atoms. The van der Waals surface area contributed by atoms with Crippen LogP contribution in [0.15, 0.2) is 51.9 Å². The Morgan fingerprint density at radius 2 is 2.08 bits per heavy atom. The molecule has 0 aliphatic heterocycles. The summed E-state index contributed by atoms with van der Waals surface area (Å²) in [5, 5.41) is 3.79. The number of carbonyl (C=O) groups is 1. The number of nitrogens with one attached hydrogen (secondary N) is 2. The first-order chi connectivity index (χ1) is 12.0. The standard InChI is InChI=1S/C20H22N2O3/c1-13(2)14-5-7-18-16(10-14)11-15(20(24)22-18)6-8-19(23)21-12-17-4-3-9-25-17/h3-5,7,9-11,13H,6,8,12H2,1-2H3,(H,21,23)(H,22,24). The second-order valence-electron chi connectivity index (χ2n) is 6.48. The lowest BCUT2D eigenvalue weighted by molar-refractivity contribution is -0.121. The summed E-state index contributed by atoms with van der Waals surface area (Å²) in [5.74, 6) is 1.03. The number of hydrogen-bond acceptors (Lipinski definition) is 3. The fourth-order valence-corrected chi connectivity index (χ4v) is 2.75. The summed E-state index contributed by atoms with van der Waals surface area (Å²) in [4.78, 5) is 27.1. The van der Waals surface area contributed by atoms with Gasteiger partial charge in [0.1, 0.15) is 5.76 Å². The minimum Gasteiger partial charge on any atom is -0.467 e. The van der Waals surface area contributed by atoms with Gasteiger partial charge in [-0.1, -0.05) is 19.9 Å². The summed E-state index contributed by atoms with van der Waals surface area (Å²) in [7, 11) is 0. The van der Waals surface area contributed by atoms with Gasteiger partial charge in [0, 0.05) is 17.5 Å². The number of amides is 1. The average Bonchev–Trinajstić information content (AvgIpc) is 3.11. The number of aromatic nitrogens is 1. The molecule has 3 aromatic rings. The first kappa shape index (κ1) is 17.0. The van der Waals surface area contributed by atoms with E-state index in [-0.39, 0.29) is 17.9 Å². The predicted octanol–water partition coefficient (Wildman–Crippen LogP) is 3.49. The molecule has 5 heteroatoms. The van der Waals surface area contributed by atoms with Crippen molar-refractivity contribution in [1.29, 1.82) is 0 Å². The zero-order valence-corrected chi connectivity index (χ0v) is 14.5. The third-order valence-corrected chi connectivity index (χ3v) is 4.27. The Morgan fingerprint density at radius 1 is 1.24 bits per heavy atom. The molecule has 0 saturated carbocycles. The Kier molecular flexibility index (Phi) is 5.03. The summed E-state index contributed by atoms with van der Waals surface area (Å²) in [6.45, 7) is 4.63. The van der Waals surface area contributed by atoms with Crippen molar-refractivity contribution in [2.75, 3.05) is 0 Å². The Balaban J connectivity index is 1.68. The first-order valence-electron chi connectivity index (χ1n) is 8.48. The van der Waals surface area contributed by atoms with Crippen LogP contribution in [0.1, 0.15) is 43.1 Å². The van der Waals surface area contributed by atoms with E-state index < -0.39 is 0 Å². The molecule has 1 amide bonds. The number of rotatable bonds is 6. The van der Waals surface area contributed by atoms with Crippen LogP contribution in [0.4, 0.5) is 0 Å². The molecular formula is C20H22N2O3. The summed E-state index contributed by atoms with van der Waals surface area (Å²) >= 11 is 0. The van der Waals surface area contributed by atoms with E-state index in [0.29, 0.717) is 30.2 Å². The monoisotopic (exact) mass is 338 g/mol. The van der Waals surface area contributed by atoms with Crippen molar-refractivity contribution in [2.24, 2.45) is 0 Å². The van der Waals surface area contributed by atoms with Gasteiger partial charge in [-0.15, -0.1) is 0 Å². The highest BCUT2D eigenvalue weighted by Crippen LogP contribution is 2.20. The van der Waals surface area contributed by atoms with E-state index in [1.165, 1.54) is 5.56 Å². The molecule has 0 spiro atoms. The van der Waals surface area contributed by atoms with Gasteiger partial charge in [-0.05, 0) is 53.6 Å². The molecule has 5 nitrogen and oxygen atoms in total. The Labute approximate surface area is 146 Å². The molecule has 0 aliphatic rings. The number of carbonyl (C=O) groups excluding carboxylic acids is 1.